The van der Waals surface area contributed by atoms with Crippen LogP contribution in [-0.2, 0) is 10.0 Å². The number of amides is 1. The van der Waals surface area contributed by atoms with Crippen molar-refractivity contribution < 1.29 is 17.6 Å². The number of hydrazine groups is 1. The van der Waals surface area contributed by atoms with Gasteiger partial charge in [0.05, 0.1) is 0 Å². The van der Waals surface area contributed by atoms with Gasteiger partial charge in [0.15, 0.2) is 0 Å². The summed E-state index contributed by atoms with van der Waals surface area (Å²) in [6.45, 7) is 0. The molecule has 0 aliphatic heterocycles. The first-order chi connectivity index (χ1) is 12.0. The average molecular weight is 376 g/mol. The lowest BCUT2D eigenvalue weighted by Gasteiger charge is -2.09. The number of nitrogens with one attached hydrogen (secondary N) is 2. The second kappa shape index (κ2) is 7.14. The quantitative estimate of drug-likeness (QED) is 0.672. The molecule has 1 aromatic heterocycles. The maximum Gasteiger partial charge on any atom is 0.266 e. The molecule has 0 fully saturated rings. The molecule has 0 aliphatic rings. The van der Waals surface area contributed by atoms with Gasteiger partial charge in [-0.3, -0.25) is 10.2 Å². The van der Waals surface area contributed by atoms with E-state index in [-0.39, 0.29) is 5.56 Å². The molecule has 0 atom stereocenters. The number of rotatable bonds is 5. The van der Waals surface area contributed by atoms with Crippen LogP contribution in [0.3, 0.4) is 0 Å². The molecule has 2 N–H and O–H groups in total. The number of carbonyl (C=O) groups excluding carboxylic acids is 1. The van der Waals surface area contributed by atoms with E-state index >= 15 is 0 Å². The number of sulfonamides is 1. The molecular formula is C17H13FN2O3S2. The minimum atomic E-state index is -4.20. The van der Waals surface area contributed by atoms with Gasteiger partial charge in [0, 0.05) is 5.56 Å². The van der Waals surface area contributed by atoms with E-state index in [1.165, 1.54) is 23.5 Å². The van der Waals surface area contributed by atoms with Crippen molar-refractivity contribution in [2.75, 3.05) is 0 Å². The number of hydrogen-bond donors (Lipinski definition) is 2. The lowest BCUT2D eigenvalue weighted by Crippen LogP contribution is -2.41. The molecule has 25 heavy (non-hydrogen) atoms. The van der Waals surface area contributed by atoms with E-state index in [0.29, 0.717) is 0 Å². The fraction of sp³-hybridized carbons (Fsp3) is 0. The summed E-state index contributed by atoms with van der Waals surface area (Å²) in [5.74, 6) is -1.54. The Labute approximate surface area is 148 Å². The third kappa shape index (κ3) is 3.93. The number of thiophene rings is 1. The van der Waals surface area contributed by atoms with Gasteiger partial charge in [-0.1, -0.05) is 24.3 Å². The zero-order valence-electron chi connectivity index (χ0n) is 12.8. The van der Waals surface area contributed by atoms with Crippen LogP contribution in [0.4, 0.5) is 4.39 Å². The Bertz CT molecular complexity index is 1000. The Morgan fingerprint density at radius 1 is 1.00 bits per heavy atom. The van der Waals surface area contributed by atoms with Gasteiger partial charge in [-0.15, -0.1) is 4.83 Å². The number of halogens is 1. The largest absolute Gasteiger partial charge is 0.273 e. The fourth-order valence-electron chi connectivity index (χ4n) is 2.17. The van der Waals surface area contributed by atoms with E-state index in [2.05, 4.69) is 5.43 Å². The summed E-state index contributed by atoms with van der Waals surface area (Å²) in [4.78, 5) is 13.6. The molecule has 3 aromatic rings. The SMILES string of the molecule is O=C(NNS(=O)(=O)c1ccccc1F)c1cccc(-c2ccsc2)c1. The number of benzene rings is 2. The van der Waals surface area contributed by atoms with E-state index in [1.54, 1.807) is 18.2 Å². The molecule has 1 heterocycles. The highest BCUT2D eigenvalue weighted by Crippen LogP contribution is 2.22. The van der Waals surface area contributed by atoms with E-state index in [1.807, 2.05) is 27.7 Å². The van der Waals surface area contributed by atoms with Crippen LogP contribution >= 0.6 is 11.3 Å². The van der Waals surface area contributed by atoms with Gasteiger partial charge in [-0.05, 0) is 52.2 Å². The second-order valence-corrected chi connectivity index (χ2v) is 7.51. The van der Waals surface area contributed by atoms with Crippen LogP contribution in [0, 0.1) is 5.82 Å². The monoisotopic (exact) mass is 376 g/mol. The Balaban J connectivity index is 1.75. The Kier molecular flexibility index (Phi) is 4.93. The molecule has 2 aromatic carbocycles. The Hall–Kier alpha value is -2.55. The summed E-state index contributed by atoms with van der Waals surface area (Å²) in [5.41, 5.74) is 4.18. The molecule has 0 radical (unpaired) electrons. The normalized spacial score (nSPS) is 11.2. The standard InChI is InChI=1S/C17H13FN2O3S2/c18-15-6-1-2-7-16(15)25(22,23)20-19-17(21)13-5-3-4-12(10-13)14-8-9-24-11-14/h1-11,20H,(H,19,21). The summed E-state index contributed by atoms with van der Waals surface area (Å²) in [7, 11) is -4.20. The van der Waals surface area contributed by atoms with Gasteiger partial charge < -0.3 is 0 Å². The van der Waals surface area contributed by atoms with Crippen LogP contribution < -0.4 is 10.3 Å². The van der Waals surface area contributed by atoms with Crippen LogP contribution in [-0.4, -0.2) is 14.3 Å². The lowest BCUT2D eigenvalue weighted by atomic mass is 10.1. The molecule has 8 heteroatoms. The third-order valence-corrected chi connectivity index (χ3v) is 5.37. The van der Waals surface area contributed by atoms with Gasteiger partial charge in [0.2, 0.25) is 0 Å². The molecule has 0 saturated carbocycles. The number of hydrogen-bond acceptors (Lipinski definition) is 4. The zero-order valence-corrected chi connectivity index (χ0v) is 14.4. The minimum absolute atomic E-state index is 0.278. The Morgan fingerprint density at radius 3 is 2.52 bits per heavy atom. The average Bonchev–Trinajstić information content (AvgIpc) is 3.15. The van der Waals surface area contributed by atoms with E-state index in [9.17, 15) is 17.6 Å². The molecule has 1 amide bonds. The van der Waals surface area contributed by atoms with Gasteiger partial charge in [-0.2, -0.15) is 11.3 Å². The molecule has 0 bridgehead atoms. The smallest absolute Gasteiger partial charge is 0.266 e. The predicted molar refractivity (Wildman–Crippen MR) is 93.9 cm³/mol. The maximum atomic E-state index is 13.6. The molecule has 3 rings (SSSR count). The topological polar surface area (TPSA) is 75.3 Å². The van der Waals surface area contributed by atoms with Crippen molar-refractivity contribution in [3.63, 3.8) is 0 Å². The first kappa shape index (κ1) is 17.3. The highest BCUT2D eigenvalue weighted by molar-refractivity contribution is 7.89. The van der Waals surface area contributed by atoms with Crippen molar-refractivity contribution in [1.82, 2.24) is 10.3 Å². The van der Waals surface area contributed by atoms with Crippen molar-refractivity contribution in [2.24, 2.45) is 0 Å². The van der Waals surface area contributed by atoms with Crippen LogP contribution in [0.25, 0.3) is 11.1 Å². The van der Waals surface area contributed by atoms with Gasteiger partial charge >= 0.3 is 0 Å². The third-order valence-electron chi connectivity index (χ3n) is 3.40. The van der Waals surface area contributed by atoms with E-state index in [0.717, 1.165) is 23.3 Å². The summed E-state index contributed by atoms with van der Waals surface area (Å²) in [6, 6.07) is 13.6. The molecule has 0 saturated heterocycles. The molecule has 0 aliphatic carbocycles. The van der Waals surface area contributed by atoms with Crippen molar-refractivity contribution in [2.45, 2.75) is 4.90 Å². The first-order valence-corrected chi connectivity index (χ1v) is 9.59. The molecule has 128 valence electrons. The minimum Gasteiger partial charge on any atom is -0.273 e. The highest BCUT2D eigenvalue weighted by atomic mass is 32.2. The van der Waals surface area contributed by atoms with Crippen LogP contribution in [0.5, 0.6) is 0 Å². The zero-order chi connectivity index (χ0) is 17.9. The molecular weight excluding hydrogens is 363 g/mol. The van der Waals surface area contributed by atoms with Crippen molar-refractivity contribution in [3.05, 3.63) is 76.7 Å². The fourth-order valence-corrected chi connectivity index (χ4v) is 3.76. The van der Waals surface area contributed by atoms with Gasteiger partial charge in [0.1, 0.15) is 10.7 Å². The van der Waals surface area contributed by atoms with Gasteiger partial charge in [0.25, 0.3) is 15.9 Å². The molecule has 0 unspecified atom stereocenters. The summed E-state index contributed by atoms with van der Waals surface area (Å²) < 4.78 is 37.8. The summed E-state index contributed by atoms with van der Waals surface area (Å²) in [5, 5.41) is 3.86. The van der Waals surface area contributed by atoms with E-state index in [4.69, 9.17) is 0 Å². The van der Waals surface area contributed by atoms with Crippen LogP contribution in [0.15, 0.2) is 70.3 Å². The maximum absolute atomic E-state index is 13.6. The van der Waals surface area contributed by atoms with Crippen LogP contribution in [0.2, 0.25) is 0 Å². The second-order valence-electron chi connectivity index (χ2n) is 5.08. The van der Waals surface area contributed by atoms with Crippen molar-refractivity contribution in [3.8, 4) is 11.1 Å². The first-order valence-electron chi connectivity index (χ1n) is 7.17. The highest BCUT2D eigenvalue weighted by Gasteiger charge is 2.19. The summed E-state index contributed by atoms with van der Waals surface area (Å²) in [6.07, 6.45) is 0. The molecule has 0 spiro atoms. The van der Waals surface area contributed by atoms with E-state index < -0.39 is 26.6 Å². The predicted octanol–water partition coefficient (Wildman–Crippen LogP) is 3.18. The van der Waals surface area contributed by atoms with Gasteiger partial charge in [-0.25, -0.2) is 12.8 Å². The number of carbonyl (C=O) groups is 1. The lowest BCUT2D eigenvalue weighted by molar-refractivity contribution is 0.0945. The summed E-state index contributed by atoms with van der Waals surface area (Å²) >= 11 is 1.53. The molecule has 5 nitrogen and oxygen atoms in total. The Morgan fingerprint density at radius 2 is 1.80 bits per heavy atom. The van der Waals surface area contributed by atoms with Crippen molar-refractivity contribution >= 4 is 27.3 Å². The van der Waals surface area contributed by atoms with Crippen LogP contribution in [0.1, 0.15) is 10.4 Å². The van der Waals surface area contributed by atoms with Crippen molar-refractivity contribution in [1.29, 1.82) is 0 Å².